The number of likely N-dealkylation sites (tertiary alicyclic amines) is 1. The Bertz CT molecular complexity index is 1210. The number of anilines is 1. The Morgan fingerprint density at radius 3 is 2.65 bits per heavy atom. The number of carbonyl (C=O) groups excluding carboxylic acids is 3. The lowest BCUT2D eigenvalue weighted by Crippen LogP contribution is -2.32. The van der Waals surface area contributed by atoms with Gasteiger partial charge in [-0.2, -0.15) is 5.10 Å². The number of fused-ring (bicyclic) bond motifs is 1. The van der Waals surface area contributed by atoms with Crippen LogP contribution in [-0.2, 0) is 16.1 Å². The fourth-order valence-corrected chi connectivity index (χ4v) is 4.02. The Kier molecular flexibility index (Phi) is 6.67. The van der Waals surface area contributed by atoms with E-state index < -0.39 is 18.0 Å². The molecule has 4 rings (SSSR count). The smallest absolute Gasteiger partial charge is 0.410 e. The van der Waals surface area contributed by atoms with Crippen molar-refractivity contribution in [3.63, 3.8) is 0 Å². The number of nitrogens with two attached hydrogens (primary N) is 1. The molecule has 2 amide bonds. The van der Waals surface area contributed by atoms with Gasteiger partial charge in [0, 0.05) is 25.3 Å². The van der Waals surface area contributed by atoms with Crippen LogP contribution < -0.4 is 11.1 Å². The number of primary amides is 1. The number of aromatic nitrogens is 2. The van der Waals surface area contributed by atoms with Crippen LogP contribution in [-0.4, -0.2) is 58.2 Å². The first-order valence-electron chi connectivity index (χ1n) is 11.1. The molecule has 0 radical (unpaired) electrons. The Hall–Kier alpha value is -4.08. The van der Waals surface area contributed by atoms with Crippen LogP contribution in [0.1, 0.15) is 40.1 Å². The molecule has 10 heteroatoms. The van der Waals surface area contributed by atoms with Crippen molar-refractivity contribution in [2.45, 2.75) is 26.5 Å². The molecule has 34 heavy (non-hydrogen) atoms. The SMILES string of the molecule is CCOC(=O)c1cc2c(N[C@@H]3CN(C(=O)OCc4ccccc4)C[C@@H]3C)c(C(N)=O)cnn2c1. The van der Waals surface area contributed by atoms with Gasteiger partial charge in [-0.3, -0.25) is 4.79 Å². The minimum absolute atomic E-state index is 0.0673. The monoisotopic (exact) mass is 465 g/mol. The third kappa shape index (κ3) is 4.80. The summed E-state index contributed by atoms with van der Waals surface area (Å²) in [4.78, 5) is 38.6. The van der Waals surface area contributed by atoms with Gasteiger partial charge >= 0.3 is 12.1 Å². The van der Waals surface area contributed by atoms with Crippen molar-refractivity contribution < 1.29 is 23.9 Å². The molecular formula is C24H27N5O5. The average molecular weight is 466 g/mol. The van der Waals surface area contributed by atoms with Crippen LogP contribution in [0.2, 0.25) is 0 Å². The van der Waals surface area contributed by atoms with Gasteiger partial charge in [0.05, 0.1) is 35.1 Å². The fourth-order valence-electron chi connectivity index (χ4n) is 4.02. The van der Waals surface area contributed by atoms with Crippen molar-refractivity contribution in [3.05, 3.63) is 65.5 Å². The molecule has 0 bridgehead atoms. The van der Waals surface area contributed by atoms with Gasteiger partial charge in [-0.1, -0.05) is 37.3 Å². The van der Waals surface area contributed by atoms with Crippen molar-refractivity contribution in [1.82, 2.24) is 14.5 Å². The maximum absolute atomic E-state index is 12.6. The van der Waals surface area contributed by atoms with Gasteiger partial charge in [0.2, 0.25) is 0 Å². The Morgan fingerprint density at radius 1 is 1.18 bits per heavy atom. The topological polar surface area (TPSA) is 128 Å². The van der Waals surface area contributed by atoms with Crippen LogP contribution in [0.4, 0.5) is 10.5 Å². The van der Waals surface area contributed by atoms with Crippen LogP contribution in [0.5, 0.6) is 0 Å². The van der Waals surface area contributed by atoms with Gasteiger partial charge < -0.3 is 25.4 Å². The van der Waals surface area contributed by atoms with Crippen molar-refractivity contribution in [3.8, 4) is 0 Å². The van der Waals surface area contributed by atoms with Gasteiger partial charge in [0.25, 0.3) is 5.91 Å². The molecule has 1 aliphatic heterocycles. The number of carbonyl (C=O) groups is 3. The minimum atomic E-state index is -0.652. The molecule has 0 spiro atoms. The van der Waals surface area contributed by atoms with E-state index in [0.717, 1.165) is 5.56 Å². The molecule has 0 aliphatic carbocycles. The third-order valence-electron chi connectivity index (χ3n) is 5.82. The first-order chi connectivity index (χ1) is 16.4. The van der Waals surface area contributed by atoms with Gasteiger partial charge in [0.15, 0.2) is 0 Å². The Balaban J connectivity index is 1.52. The highest BCUT2D eigenvalue weighted by Gasteiger charge is 2.34. The van der Waals surface area contributed by atoms with E-state index >= 15 is 0 Å². The van der Waals surface area contributed by atoms with E-state index in [1.807, 2.05) is 37.3 Å². The number of benzene rings is 1. The Morgan fingerprint density at radius 2 is 1.94 bits per heavy atom. The van der Waals surface area contributed by atoms with E-state index in [2.05, 4.69) is 10.4 Å². The lowest BCUT2D eigenvalue weighted by atomic mass is 10.1. The molecule has 1 aliphatic rings. The predicted molar refractivity (Wildman–Crippen MR) is 124 cm³/mol. The predicted octanol–water partition coefficient (Wildman–Crippen LogP) is 2.68. The molecule has 1 aromatic carbocycles. The molecular weight excluding hydrogens is 438 g/mol. The molecule has 0 unspecified atom stereocenters. The summed E-state index contributed by atoms with van der Waals surface area (Å²) in [7, 11) is 0. The molecule has 1 saturated heterocycles. The molecule has 1 fully saturated rings. The number of ether oxygens (including phenoxy) is 2. The van der Waals surface area contributed by atoms with Gasteiger partial charge in [-0.05, 0) is 24.5 Å². The van der Waals surface area contributed by atoms with Crippen molar-refractivity contribution >= 4 is 29.2 Å². The highest BCUT2D eigenvalue weighted by Crippen LogP contribution is 2.28. The molecule has 3 heterocycles. The van der Waals surface area contributed by atoms with Crippen LogP contribution in [0.15, 0.2) is 48.8 Å². The highest BCUT2D eigenvalue weighted by atomic mass is 16.6. The maximum Gasteiger partial charge on any atom is 0.410 e. The largest absolute Gasteiger partial charge is 0.462 e. The number of amides is 2. The summed E-state index contributed by atoms with van der Waals surface area (Å²) in [6.07, 6.45) is 2.49. The number of nitrogens with one attached hydrogen (secondary N) is 1. The first-order valence-corrected chi connectivity index (χ1v) is 11.1. The number of nitrogens with zero attached hydrogens (tertiary/aromatic N) is 3. The maximum atomic E-state index is 12.6. The van der Waals surface area contributed by atoms with Gasteiger partial charge in [-0.25, -0.2) is 14.1 Å². The van der Waals surface area contributed by atoms with Crippen molar-refractivity contribution in [2.75, 3.05) is 25.0 Å². The normalized spacial score (nSPS) is 17.5. The zero-order valence-corrected chi connectivity index (χ0v) is 19.1. The molecule has 0 saturated carbocycles. The molecule has 2 aromatic heterocycles. The summed E-state index contributed by atoms with van der Waals surface area (Å²) >= 11 is 0. The lowest BCUT2D eigenvalue weighted by Gasteiger charge is -2.20. The van der Waals surface area contributed by atoms with E-state index in [1.165, 1.54) is 16.9 Å². The third-order valence-corrected chi connectivity index (χ3v) is 5.82. The van der Waals surface area contributed by atoms with Crippen molar-refractivity contribution in [2.24, 2.45) is 11.7 Å². The lowest BCUT2D eigenvalue weighted by molar-refractivity contribution is 0.0526. The first kappa shape index (κ1) is 23.1. The summed E-state index contributed by atoms with van der Waals surface area (Å²) in [5, 5.41) is 7.56. The van der Waals surface area contributed by atoms with E-state index in [4.69, 9.17) is 15.2 Å². The molecule has 10 nitrogen and oxygen atoms in total. The van der Waals surface area contributed by atoms with Crippen molar-refractivity contribution in [1.29, 1.82) is 0 Å². The van der Waals surface area contributed by atoms with E-state index in [-0.39, 0.29) is 30.7 Å². The fraction of sp³-hybridized carbons (Fsp3) is 0.333. The van der Waals surface area contributed by atoms with Gasteiger partial charge in [0.1, 0.15) is 6.61 Å². The summed E-state index contributed by atoms with van der Waals surface area (Å²) in [5.74, 6) is -1.07. The second-order valence-corrected chi connectivity index (χ2v) is 8.25. The summed E-state index contributed by atoms with van der Waals surface area (Å²) in [6.45, 7) is 5.04. The van der Waals surface area contributed by atoms with E-state index in [1.54, 1.807) is 17.9 Å². The molecule has 2 atom stereocenters. The summed E-state index contributed by atoms with van der Waals surface area (Å²) in [6, 6.07) is 10.9. The number of esters is 1. The van der Waals surface area contributed by atoms with Crippen LogP contribution >= 0.6 is 0 Å². The summed E-state index contributed by atoms with van der Waals surface area (Å²) < 4.78 is 12.0. The van der Waals surface area contributed by atoms with Crippen LogP contribution in [0.3, 0.4) is 0 Å². The second kappa shape index (κ2) is 9.82. The van der Waals surface area contributed by atoms with Crippen LogP contribution in [0, 0.1) is 5.92 Å². The molecule has 178 valence electrons. The van der Waals surface area contributed by atoms with Gasteiger partial charge in [-0.15, -0.1) is 0 Å². The number of hydrogen-bond donors (Lipinski definition) is 2. The highest BCUT2D eigenvalue weighted by molar-refractivity contribution is 6.03. The molecule has 3 aromatic rings. The van der Waals surface area contributed by atoms with E-state index in [9.17, 15) is 14.4 Å². The summed E-state index contributed by atoms with van der Waals surface area (Å²) in [5.41, 5.74) is 7.97. The zero-order chi connectivity index (χ0) is 24.2. The van der Waals surface area contributed by atoms with Crippen LogP contribution in [0.25, 0.3) is 5.52 Å². The second-order valence-electron chi connectivity index (χ2n) is 8.25. The van der Waals surface area contributed by atoms with E-state index in [0.29, 0.717) is 29.9 Å². The molecule has 3 N–H and O–H groups in total. The standard InChI is InChI=1S/C24H27N5O5/c1-3-33-23(31)17-9-20-21(18(22(25)30)10-26-29(20)12-17)27-19-13-28(11-15(19)2)24(32)34-14-16-7-5-4-6-8-16/h4-10,12,15,19,27H,3,11,13-14H2,1-2H3,(H2,25,30)/t15-,19+/m0/s1. The average Bonchev–Trinajstić information content (AvgIpc) is 3.42. The number of rotatable bonds is 7. The zero-order valence-electron chi connectivity index (χ0n) is 19.1. The minimum Gasteiger partial charge on any atom is -0.462 e. The Labute approximate surface area is 196 Å². The quantitative estimate of drug-likeness (QED) is 0.513. The number of hydrogen-bond acceptors (Lipinski definition) is 7.